The van der Waals surface area contributed by atoms with E-state index in [0.29, 0.717) is 0 Å². The molecule has 2 aromatic rings. The van der Waals surface area contributed by atoms with Crippen LogP contribution >= 0.6 is 0 Å². The van der Waals surface area contributed by atoms with Gasteiger partial charge in [-0.3, -0.25) is 0 Å². The summed E-state index contributed by atoms with van der Waals surface area (Å²) in [5, 5.41) is 1.91. The van der Waals surface area contributed by atoms with Crippen molar-refractivity contribution in [1.29, 1.82) is 0 Å². The molecule has 0 aliphatic carbocycles. The van der Waals surface area contributed by atoms with Crippen molar-refractivity contribution in [2.24, 2.45) is 0 Å². The molecule has 2 aromatic carbocycles. The molecule has 0 heterocycles. The molecule has 0 radical (unpaired) electrons. The van der Waals surface area contributed by atoms with Gasteiger partial charge in [0.2, 0.25) is 0 Å². The van der Waals surface area contributed by atoms with Crippen LogP contribution in [-0.4, -0.2) is 0 Å². The Morgan fingerprint density at radius 2 is 1.31 bits per heavy atom. The van der Waals surface area contributed by atoms with E-state index in [1.807, 2.05) is 30.3 Å². The summed E-state index contributed by atoms with van der Waals surface area (Å²) in [5.41, 5.74) is 2.45. The molecule has 0 fully saturated rings. The zero-order valence-electron chi connectivity index (χ0n) is 8.62. The topological polar surface area (TPSA) is 0 Å². The Kier molecular flexibility index (Phi) is 2.39. The molecule has 0 N–H and O–H groups in total. The summed E-state index contributed by atoms with van der Waals surface area (Å²) < 4.78 is 0. The fraction of sp³-hybridized carbons (Fsp3) is 0. The third-order valence-electron chi connectivity index (χ3n) is 2.49. The highest BCUT2D eigenvalue weighted by molar-refractivity contribution is 5.93. The summed E-state index contributed by atoms with van der Waals surface area (Å²) in [5.74, 6) is 7.86. The predicted molar refractivity (Wildman–Crippen MR) is 67.8 cm³/mol. The Bertz CT molecular complexity index is 683. The van der Waals surface area contributed by atoms with E-state index in [1.165, 1.54) is 0 Å². The molecule has 0 aliphatic heterocycles. The molecule has 0 aromatic heterocycles. The maximum Gasteiger partial charge on any atom is 0.0322 e. The van der Waals surface area contributed by atoms with E-state index in [2.05, 4.69) is 17.8 Å². The first-order chi connectivity index (χ1) is 7.80. The molecule has 0 spiro atoms. The Morgan fingerprint density at radius 1 is 0.688 bits per heavy atom. The second kappa shape index (κ2) is 3.86. The molecule has 0 atom stereocenters. The van der Waals surface area contributed by atoms with Gasteiger partial charge in [0, 0.05) is 16.7 Å². The highest BCUT2D eigenvalue weighted by atomic mass is 14.1. The first-order valence-corrected chi connectivity index (χ1v) is 4.76. The van der Waals surface area contributed by atoms with Gasteiger partial charge >= 0.3 is 0 Å². The number of hydrogen-bond acceptors (Lipinski definition) is 0. The monoisotopic (exact) mass is 200 g/mol. The molecule has 0 bridgehead atoms. The van der Waals surface area contributed by atoms with Crippen LogP contribution in [0.2, 0.25) is 0 Å². The van der Waals surface area contributed by atoms with Crippen LogP contribution in [0.25, 0.3) is 10.8 Å². The average molecular weight is 200 g/mol. The van der Waals surface area contributed by atoms with E-state index in [-0.39, 0.29) is 0 Å². The van der Waals surface area contributed by atoms with E-state index >= 15 is 0 Å². The van der Waals surface area contributed by atoms with Crippen LogP contribution in [0.3, 0.4) is 0 Å². The zero-order valence-corrected chi connectivity index (χ0v) is 8.62. The number of benzene rings is 2. The fourth-order valence-electron chi connectivity index (χ4n) is 1.69. The predicted octanol–water partition coefficient (Wildman–Crippen LogP) is 2.78. The van der Waals surface area contributed by atoms with Gasteiger partial charge in [-0.05, 0) is 35.0 Å². The number of hydrogen-bond donors (Lipinski definition) is 0. The highest BCUT2D eigenvalue weighted by Gasteiger charge is 2.03. The van der Waals surface area contributed by atoms with Crippen LogP contribution in [0.15, 0.2) is 30.3 Å². The van der Waals surface area contributed by atoms with Crippen LogP contribution in [0, 0.1) is 37.0 Å². The molecule has 72 valence electrons. The quantitative estimate of drug-likeness (QED) is 0.574. The van der Waals surface area contributed by atoms with Gasteiger partial charge in [-0.2, -0.15) is 0 Å². The van der Waals surface area contributed by atoms with Crippen LogP contribution in [-0.2, 0) is 0 Å². The van der Waals surface area contributed by atoms with Gasteiger partial charge in [0.05, 0.1) is 0 Å². The smallest absolute Gasteiger partial charge is 0.0322 e. The molecule has 0 heteroatoms. The van der Waals surface area contributed by atoms with Gasteiger partial charge in [0.1, 0.15) is 0 Å². The minimum atomic E-state index is 0.804. The summed E-state index contributed by atoms with van der Waals surface area (Å²) in [6, 6.07) is 9.38. The molecular formula is C16H8. The van der Waals surface area contributed by atoms with Crippen molar-refractivity contribution in [3.05, 3.63) is 47.0 Å². The standard InChI is InChI=1S/C16H8/c1-4-12-7-10-15-13(5-2)8-9-14(6-3)16(15)11-12/h1-3,7-11H. The third kappa shape index (κ3) is 1.42. The van der Waals surface area contributed by atoms with Gasteiger partial charge in [-0.1, -0.05) is 23.8 Å². The van der Waals surface area contributed by atoms with Gasteiger partial charge in [0.25, 0.3) is 0 Å². The number of fused-ring (bicyclic) bond motifs is 1. The third-order valence-corrected chi connectivity index (χ3v) is 2.49. The second-order valence-electron chi connectivity index (χ2n) is 3.35. The molecule has 0 saturated carbocycles. The first kappa shape index (κ1) is 9.92. The fourth-order valence-corrected chi connectivity index (χ4v) is 1.69. The van der Waals surface area contributed by atoms with E-state index in [9.17, 15) is 0 Å². The normalized spacial score (nSPS) is 9.06. The summed E-state index contributed by atoms with van der Waals surface area (Å²) in [4.78, 5) is 0. The molecule has 2 rings (SSSR count). The van der Waals surface area contributed by atoms with E-state index in [4.69, 9.17) is 19.3 Å². The first-order valence-electron chi connectivity index (χ1n) is 4.76. The van der Waals surface area contributed by atoms with Crippen molar-refractivity contribution in [2.45, 2.75) is 0 Å². The number of terminal acetylenes is 3. The van der Waals surface area contributed by atoms with E-state index < -0.39 is 0 Å². The van der Waals surface area contributed by atoms with Crippen molar-refractivity contribution in [1.82, 2.24) is 0 Å². The molecule has 0 nitrogen and oxygen atoms in total. The highest BCUT2D eigenvalue weighted by Crippen LogP contribution is 2.23. The summed E-state index contributed by atoms with van der Waals surface area (Å²) in [7, 11) is 0. The largest absolute Gasteiger partial charge is 0.115 e. The van der Waals surface area contributed by atoms with Crippen molar-refractivity contribution in [2.75, 3.05) is 0 Å². The minimum absolute atomic E-state index is 0.804. The molecule has 16 heavy (non-hydrogen) atoms. The Balaban J connectivity index is 2.94. The Labute approximate surface area is 95.3 Å². The van der Waals surface area contributed by atoms with Crippen LogP contribution in [0.5, 0.6) is 0 Å². The van der Waals surface area contributed by atoms with Crippen molar-refractivity contribution >= 4 is 10.8 Å². The lowest BCUT2D eigenvalue weighted by atomic mass is 9.98. The van der Waals surface area contributed by atoms with Gasteiger partial charge in [-0.25, -0.2) is 0 Å². The maximum absolute atomic E-state index is 5.45. The van der Waals surface area contributed by atoms with E-state index in [0.717, 1.165) is 27.5 Å². The van der Waals surface area contributed by atoms with E-state index in [1.54, 1.807) is 0 Å². The van der Waals surface area contributed by atoms with Crippen LogP contribution < -0.4 is 0 Å². The van der Waals surface area contributed by atoms with Gasteiger partial charge in [0.15, 0.2) is 0 Å². The van der Waals surface area contributed by atoms with Crippen molar-refractivity contribution in [3.8, 4) is 37.0 Å². The Hall–Kier alpha value is -2.62. The average Bonchev–Trinajstić information content (AvgIpc) is 2.36. The lowest BCUT2D eigenvalue weighted by Crippen LogP contribution is -1.86. The summed E-state index contributed by atoms with van der Waals surface area (Å²) >= 11 is 0. The van der Waals surface area contributed by atoms with Gasteiger partial charge < -0.3 is 0 Å². The SMILES string of the molecule is C#Cc1ccc2c(C#C)ccc(C#C)c2c1. The lowest BCUT2D eigenvalue weighted by molar-refractivity contribution is 1.64. The zero-order chi connectivity index (χ0) is 11.5. The van der Waals surface area contributed by atoms with Gasteiger partial charge in [-0.15, -0.1) is 19.3 Å². The van der Waals surface area contributed by atoms with Crippen molar-refractivity contribution < 1.29 is 0 Å². The molecular weight excluding hydrogens is 192 g/mol. The second-order valence-corrected chi connectivity index (χ2v) is 3.35. The molecule has 0 unspecified atom stereocenters. The Morgan fingerprint density at radius 3 is 1.88 bits per heavy atom. The summed E-state index contributed by atoms with van der Waals surface area (Å²) in [6.07, 6.45) is 16.2. The lowest BCUT2D eigenvalue weighted by Gasteiger charge is -2.04. The molecule has 0 aliphatic rings. The maximum atomic E-state index is 5.45. The van der Waals surface area contributed by atoms with Crippen molar-refractivity contribution in [3.63, 3.8) is 0 Å². The number of rotatable bonds is 0. The van der Waals surface area contributed by atoms with Crippen LogP contribution in [0.4, 0.5) is 0 Å². The minimum Gasteiger partial charge on any atom is -0.115 e. The summed E-state index contributed by atoms with van der Waals surface area (Å²) in [6.45, 7) is 0. The molecule has 0 amide bonds. The molecule has 0 saturated heterocycles. The van der Waals surface area contributed by atoms with Crippen LogP contribution in [0.1, 0.15) is 16.7 Å².